The van der Waals surface area contributed by atoms with Gasteiger partial charge in [-0.3, -0.25) is 4.90 Å². The molecule has 2 heterocycles. The number of nitrogens with one attached hydrogen (secondary N) is 1. The van der Waals surface area contributed by atoms with E-state index in [2.05, 4.69) is 17.1 Å². The van der Waals surface area contributed by atoms with E-state index in [9.17, 15) is 0 Å². The van der Waals surface area contributed by atoms with E-state index in [1.165, 1.54) is 45.2 Å². The molecule has 3 heteroatoms. The van der Waals surface area contributed by atoms with Gasteiger partial charge in [-0.2, -0.15) is 0 Å². The monoisotopic (exact) mass is 226 g/mol. The normalized spacial score (nSPS) is 32.8. The van der Waals surface area contributed by atoms with Gasteiger partial charge >= 0.3 is 0 Å². The van der Waals surface area contributed by atoms with Crippen molar-refractivity contribution < 1.29 is 4.74 Å². The summed E-state index contributed by atoms with van der Waals surface area (Å²) < 4.78 is 5.54. The molecular formula is C13H26N2O. The lowest BCUT2D eigenvalue weighted by Gasteiger charge is -2.36. The number of rotatable bonds is 4. The van der Waals surface area contributed by atoms with Crippen molar-refractivity contribution in [3.8, 4) is 0 Å². The summed E-state index contributed by atoms with van der Waals surface area (Å²) in [6.07, 6.45) is 6.69. The number of hydrogen-bond donors (Lipinski definition) is 1. The molecule has 0 amide bonds. The summed E-state index contributed by atoms with van der Waals surface area (Å²) in [6.45, 7) is 7.74. The molecule has 2 unspecified atom stereocenters. The molecular weight excluding hydrogens is 200 g/mol. The molecule has 94 valence electrons. The number of ether oxygens (including phenoxy) is 1. The van der Waals surface area contributed by atoms with Gasteiger partial charge in [-0.05, 0) is 32.2 Å². The van der Waals surface area contributed by atoms with Crippen molar-refractivity contribution in [1.29, 1.82) is 0 Å². The Balaban J connectivity index is 1.70. The Hall–Kier alpha value is -0.120. The van der Waals surface area contributed by atoms with Gasteiger partial charge in [0.1, 0.15) is 0 Å². The minimum Gasteiger partial charge on any atom is -0.378 e. The summed E-state index contributed by atoms with van der Waals surface area (Å²) in [6, 6.07) is 1.44. The fourth-order valence-electron chi connectivity index (χ4n) is 2.85. The first-order chi connectivity index (χ1) is 7.90. The lowest BCUT2D eigenvalue weighted by Crippen LogP contribution is -2.47. The van der Waals surface area contributed by atoms with E-state index in [0.717, 1.165) is 25.8 Å². The topological polar surface area (TPSA) is 24.5 Å². The van der Waals surface area contributed by atoms with E-state index < -0.39 is 0 Å². The quantitative estimate of drug-likeness (QED) is 0.788. The van der Waals surface area contributed by atoms with Crippen molar-refractivity contribution in [2.24, 2.45) is 0 Å². The van der Waals surface area contributed by atoms with Crippen LogP contribution in [0.5, 0.6) is 0 Å². The summed E-state index contributed by atoms with van der Waals surface area (Å²) >= 11 is 0. The molecule has 2 rings (SSSR count). The van der Waals surface area contributed by atoms with Gasteiger partial charge in [-0.25, -0.2) is 0 Å². The van der Waals surface area contributed by atoms with Gasteiger partial charge < -0.3 is 10.1 Å². The second kappa shape index (κ2) is 6.58. The second-order valence-corrected chi connectivity index (χ2v) is 5.11. The third-order valence-corrected chi connectivity index (χ3v) is 4.00. The third kappa shape index (κ3) is 3.44. The summed E-state index contributed by atoms with van der Waals surface area (Å²) in [7, 11) is 0. The Morgan fingerprint density at radius 2 is 2.31 bits per heavy atom. The van der Waals surface area contributed by atoms with E-state index in [1.807, 2.05) is 0 Å². The minimum absolute atomic E-state index is 0.664. The maximum Gasteiger partial charge on any atom is 0.0622 e. The fraction of sp³-hybridized carbons (Fsp3) is 1.00. The molecule has 2 atom stereocenters. The van der Waals surface area contributed by atoms with Crippen LogP contribution in [0, 0.1) is 0 Å². The van der Waals surface area contributed by atoms with Gasteiger partial charge in [-0.15, -0.1) is 0 Å². The molecule has 2 saturated heterocycles. The highest BCUT2D eigenvalue weighted by Crippen LogP contribution is 2.14. The number of nitrogens with zero attached hydrogens (tertiary/aromatic N) is 1. The Labute approximate surface area is 99.5 Å². The molecule has 2 aliphatic rings. The average molecular weight is 226 g/mol. The molecule has 16 heavy (non-hydrogen) atoms. The first-order valence-corrected chi connectivity index (χ1v) is 6.95. The molecule has 2 fully saturated rings. The number of piperidine rings is 1. The zero-order chi connectivity index (χ0) is 11.2. The standard InChI is InChI=1S/C13H26N2O/c1-2-13-11-16-10-9-15(13)8-6-12-5-3-4-7-14-12/h12-14H,2-11H2,1H3. The van der Waals surface area contributed by atoms with Gasteiger partial charge in [0.15, 0.2) is 0 Å². The van der Waals surface area contributed by atoms with Crippen LogP contribution >= 0.6 is 0 Å². The van der Waals surface area contributed by atoms with Gasteiger partial charge in [0.25, 0.3) is 0 Å². The molecule has 0 radical (unpaired) electrons. The van der Waals surface area contributed by atoms with Gasteiger partial charge in [-0.1, -0.05) is 13.3 Å². The van der Waals surface area contributed by atoms with Crippen LogP contribution in [-0.2, 0) is 4.74 Å². The zero-order valence-corrected chi connectivity index (χ0v) is 10.6. The molecule has 0 saturated carbocycles. The van der Waals surface area contributed by atoms with E-state index in [-0.39, 0.29) is 0 Å². The van der Waals surface area contributed by atoms with Crippen LogP contribution in [-0.4, -0.2) is 49.8 Å². The van der Waals surface area contributed by atoms with E-state index in [1.54, 1.807) is 0 Å². The molecule has 0 aromatic rings. The van der Waals surface area contributed by atoms with E-state index in [0.29, 0.717) is 6.04 Å². The molecule has 0 aromatic heterocycles. The highest BCUT2D eigenvalue weighted by Gasteiger charge is 2.22. The molecule has 0 spiro atoms. The Morgan fingerprint density at radius 1 is 1.38 bits per heavy atom. The molecule has 2 aliphatic heterocycles. The summed E-state index contributed by atoms with van der Waals surface area (Å²) in [5.41, 5.74) is 0. The Morgan fingerprint density at radius 3 is 3.06 bits per heavy atom. The van der Waals surface area contributed by atoms with Gasteiger partial charge in [0, 0.05) is 25.2 Å². The van der Waals surface area contributed by atoms with Crippen molar-refractivity contribution in [2.75, 3.05) is 32.8 Å². The highest BCUT2D eigenvalue weighted by molar-refractivity contribution is 4.78. The summed E-state index contributed by atoms with van der Waals surface area (Å²) in [5, 5.41) is 3.63. The smallest absolute Gasteiger partial charge is 0.0622 e. The van der Waals surface area contributed by atoms with Gasteiger partial charge in [0.2, 0.25) is 0 Å². The van der Waals surface area contributed by atoms with Crippen molar-refractivity contribution in [1.82, 2.24) is 10.2 Å². The number of hydrogen-bond acceptors (Lipinski definition) is 3. The fourth-order valence-corrected chi connectivity index (χ4v) is 2.85. The minimum atomic E-state index is 0.664. The van der Waals surface area contributed by atoms with Crippen LogP contribution in [0.1, 0.15) is 39.0 Å². The lowest BCUT2D eigenvalue weighted by molar-refractivity contribution is -0.0103. The predicted molar refractivity (Wildman–Crippen MR) is 66.7 cm³/mol. The SMILES string of the molecule is CCC1COCCN1CCC1CCCCN1. The molecule has 3 nitrogen and oxygen atoms in total. The van der Waals surface area contributed by atoms with Crippen LogP contribution in [0.3, 0.4) is 0 Å². The Kier molecular flexibility index (Phi) is 5.07. The summed E-state index contributed by atoms with van der Waals surface area (Å²) in [4.78, 5) is 2.62. The van der Waals surface area contributed by atoms with Crippen molar-refractivity contribution in [3.63, 3.8) is 0 Å². The largest absolute Gasteiger partial charge is 0.378 e. The highest BCUT2D eigenvalue weighted by atomic mass is 16.5. The molecule has 0 aliphatic carbocycles. The first-order valence-electron chi connectivity index (χ1n) is 6.95. The van der Waals surface area contributed by atoms with Crippen LogP contribution < -0.4 is 5.32 Å². The average Bonchev–Trinajstić information content (AvgIpc) is 2.38. The van der Waals surface area contributed by atoms with Crippen molar-refractivity contribution >= 4 is 0 Å². The maximum atomic E-state index is 5.54. The third-order valence-electron chi connectivity index (χ3n) is 4.00. The number of morpholine rings is 1. The molecule has 0 bridgehead atoms. The van der Waals surface area contributed by atoms with Crippen LogP contribution in [0.25, 0.3) is 0 Å². The van der Waals surface area contributed by atoms with Crippen molar-refractivity contribution in [2.45, 2.75) is 51.1 Å². The van der Waals surface area contributed by atoms with Gasteiger partial charge in [0.05, 0.1) is 13.2 Å². The van der Waals surface area contributed by atoms with Crippen LogP contribution in [0.2, 0.25) is 0 Å². The first kappa shape index (κ1) is 12.3. The van der Waals surface area contributed by atoms with E-state index in [4.69, 9.17) is 4.74 Å². The zero-order valence-electron chi connectivity index (χ0n) is 10.6. The van der Waals surface area contributed by atoms with Crippen LogP contribution in [0.4, 0.5) is 0 Å². The maximum absolute atomic E-state index is 5.54. The summed E-state index contributed by atoms with van der Waals surface area (Å²) in [5.74, 6) is 0. The predicted octanol–water partition coefficient (Wildman–Crippen LogP) is 1.63. The lowest BCUT2D eigenvalue weighted by atomic mass is 10.0. The Bertz CT molecular complexity index is 192. The second-order valence-electron chi connectivity index (χ2n) is 5.11. The van der Waals surface area contributed by atoms with E-state index >= 15 is 0 Å². The molecule has 1 N–H and O–H groups in total. The van der Waals surface area contributed by atoms with Crippen LogP contribution in [0.15, 0.2) is 0 Å². The van der Waals surface area contributed by atoms with Crippen molar-refractivity contribution in [3.05, 3.63) is 0 Å². The molecule has 0 aromatic carbocycles.